The van der Waals surface area contributed by atoms with Crippen LogP contribution in [-0.2, 0) is 14.3 Å². The van der Waals surface area contributed by atoms with Crippen molar-refractivity contribution >= 4 is 11.8 Å². The number of terminal acetylenes is 1. The van der Waals surface area contributed by atoms with Crippen molar-refractivity contribution in [1.82, 2.24) is 10.6 Å². The third-order valence-corrected chi connectivity index (χ3v) is 7.00. The van der Waals surface area contributed by atoms with Gasteiger partial charge in [-0.25, -0.2) is 0 Å². The average molecular weight is 598 g/mol. The van der Waals surface area contributed by atoms with Gasteiger partial charge in [-0.2, -0.15) is 0 Å². The maximum atomic E-state index is 12.7. The Morgan fingerprint density at radius 1 is 0.886 bits per heavy atom. The van der Waals surface area contributed by atoms with Crippen LogP contribution >= 0.6 is 0 Å². The Labute approximate surface area is 265 Å². The number of nitrogens with one attached hydrogen (secondary N) is 2. The van der Waals surface area contributed by atoms with Gasteiger partial charge in [0, 0.05) is 24.9 Å². The van der Waals surface area contributed by atoms with Gasteiger partial charge in [0.05, 0.1) is 12.3 Å². The molecule has 1 saturated carbocycles. The Morgan fingerprint density at radius 2 is 1.34 bits per heavy atom. The molecule has 1 fully saturated rings. The summed E-state index contributed by atoms with van der Waals surface area (Å²) in [7, 11) is 0. The van der Waals surface area contributed by atoms with Gasteiger partial charge in [0.2, 0.25) is 11.8 Å². The maximum absolute atomic E-state index is 12.7. The molecule has 0 bridgehead atoms. The number of hydrogen-bond acceptors (Lipinski definition) is 4. The van der Waals surface area contributed by atoms with Gasteiger partial charge >= 0.3 is 0 Å². The second-order valence-corrected chi connectivity index (χ2v) is 10.6. The van der Waals surface area contributed by atoms with Crippen molar-refractivity contribution < 1.29 is 14.3 Å². The van der Waals surface area contributed by atoms with E-state index in [-0.39, 0.29) is 42.3 Å². The van der Waals surface area contributed by atoms with Crippen LogP contribution < -0.4 is 16.4 Å². The minimum absolute atomic E-state index is 0.00142. The molecule has 0 spiro atoms. The highest BCUT2D eigenvalue weighted by atomic mass is 16.5. The topological polar surface area (TPSA) is 93.5 Å². The zero-order chi connectivity index (χ0) is 32.6. The summed E-state index contributed by atoms with van der Waals surface area (Å²) < 4.78 is 6.23. The number of nitrogens with two attached hydrogens (primary N) is 1. The van der Waals surface area contributed by atoms with Crippen LogP contribution in [0.15, 0.2) is 109 Å². The first-order chi connectivity index (χ1) is 21.4. The van der Waals surface area contributed by atoms with Crippen molar-refractivity contribution in [2.75, 3.05) is 13.1 Å². The second-order valence-electron chi connectivity index (χ2n) is 10.6. The van der Waals surface area contributed by atoms with Crippen molar-refractivity contribution in [1.29, 1.82) is 0 Å². The first-order valence-electron chi connectivity index (χ1n) is 15.4. The molecule has 0 aromatic heterocycles. The molecule has 2 amide bonds. The summed E-state index contributed by atoms with van der Waals surface area (Å²) in [5.74, 6) is 0.668. The SMILES string of the molecule is C#C.C=C(CCNC(=O)C(C)C1CC[C@H](NC(=O)CN)C1)OC(c1ccccc1)c1ccccc1.CCC.c1ccccc1. The van der Waals surface area contributed by atoms with Gasteiger partial charge in [0.1, 0.15) is 6.10 Å². The molecule has 6 heteroatoms. The van der Waals surface area contributed by atoms with Gasteiger partial charge in [0.15, 0.2) is 0 Å². The largest absolute Gasteiger partial charge is 0.486 e. The summed E-state index contributed by atoms with van der Waals surface area (Å²) >= 11 is 0. The summed E-state index contributed by atoms with van der Waals surface area (Å²) in [6, 6.07) is 32.2. The number of carbonyl (C=O) groups excluding carboxylic acids is 2. The Morgan fingerprint density at radius 3 is 1.80 bits per heavy atom. The predicted molar refractivity (Wildman–Crippen MR) is 182 cm³/mol. The number of hydrogen-bond donors (Lipinski definition) is 3. The first-order valence-corrected chi connectivity index (χ1v) is 15.4. The molecule has 1 aliphatic rings. The number of rotatable bonds is 11. The predicted octanol–water partition coefficient (Wildman–Crippen LogP) is 7.04. The van der Waals surface area contributed by atoms with Crippen LogP contribution in [0.5, 0.6) is 0 Å². The summed E-state index contributed by atoms with van der Waals surface area (Å²) in [5, 5.41) is 5.95. The normalized spacial score (nSPS) is 15.4. The standard InChI is InChI=1S/C27H35N3O3.C6H6.C3H8.C2H2/c1-19(33-26(21-9-5-3-6-10-21)22-11-7-4-8-12-22)15-16-29-27(32)20(2)23-13-14-24(17-23)30-25(31)18-28;1-2-4-6-5-3-1;1-3-2;1-2/h3-12,20,23-24,26H,1,13-18,28H2,2H3,(H,29,32)(H,30,31);1-6H;3H2,1-2H3;1-2H/t20?,23?,24-;;;/m0.../s1. The summed E-state index contributed by atoms with van der Waals surface area (Å²) in [6.07, 6.45) is 12.2. The number of amides is 2. The van der Waals surface area contributed by atoms with Crippen molar-refractivity contribution in [3.8, 4) is 12.8 Å². The summed E-state index contributed by atoms with van der Waals surface area (Å²) in [4.78, 5) is 24.2. The smallest absolute Gasteiger partial charge is 0.233 e. The van der Waals surface area contributed by atoms with E-state index in [1.54, 1.807) is 0 Å². The minimum Gasteiger partial charge on any atom is -0.486 e. The zero-order valence-electron chi connectivity index (χ0n) is 26.7. The second kappa shape index (κ2) is 23.2. The monoisotopic (exact) mass is 597 g/mol. The average Bonchev–Trinajstić information content (AvgIpc) is 3.54. The van der Waals surface area contributed by atoms with E-state index in [1.165, 1.54) is 6.42 Å². The molecule has 3 atom stereocenters. The number of benzene rings is 3. The van der Waals surface area contributed by atoms with E-state index in [0.717, 1.165) is 30.4 Å². The molecule has 236 valence electrons. The fourth-order valence-corrected chi connectivity index (χ4v) is 4.78. The summed E-state index contributed by atoms with van der Waals surface area (Å²) in [5.41, 5.74) is 7.49. The molecule has 4 N–H and O–H groups in total. The quantitative estimate of drug-likeness (QED) is 0.163. The molecule has 0 heterocycles. The third-order valence-electron chi connectivity index (χ3n) is 7.00. The third kappa shape index (κ3) is 14.7. The van der Waals surface area contributed by atoms with Crippen LogP contribution in [0.2, 0.25) is 0 Å². The highest BCUT2D eigenvalue weighted by molar-refractivity contribution is 5.79. The Hall–Kier alpha value is -4.34. The highest BCUT2D eigenvalue weighted by Gasteiger charge is 2.32. The van der Waals surface area contributed by atoms with E-state index in [4.69, 9.17) is 10.5 Å². The van der Waals surface area contributed by atoms with Crippen molar-refractivity contribution in [3.05, 3.63) is 121 Å². The lowest BCUT2D eigenvalue weighted by molar-refractivity contribution is -0.126. The molecular formula is C38H51N3O3. The van der Waals surface area contributed by atoms with Crippen molar-refractivity contribution in [3.63, 3.8) is 0 Å². The van der Waals surface area contributed by atoms with Crippen LogP contribution in [0.3, 0.4) is 0 Å². The Balaban J connectivity index is 0.000000751. The lowest BCUT2D eigenvalue weighted by Gasteiger charge is -2.22. The van der Waals surface area contributed by atoms with Gasteiger partial charge in [-0.15, -0.1) is 12.8 Å². The molecule has 3 aromatic carbocycles. The number of ether oxygens (including phenoxy) is 1. The van der Waals surface area contributed by atoms with Crippen LogP contribution in [0.4, 0.5) is 0 Å². The zero-order valence-corrected chi connectivity index (χ0v) is 26.7. The molecule has 44 heavy (non-hydrogen) atoms. The van der Waals surface area contributed by atoms with E-state index in [0.29, 0.717) is 18.7 Å². The highest BCUT2D eigenvalue weighted by Crippen LogP contribution is 2.32. The molecule has 2 unspecified atom stereocenters. The molecule has 0 saturated heterocycles. The van der Waals surface area contributed by atoms with Gasteiger partial charge in [-0.3, -0.25) is 9.59 Å². The lowest BCUT2D eigenvalue weighted by Crippen LogP contribution is -2.38. The van der Waals surface area contributed by atoms with E-state index in [9.17, 15) is 9.59 Å². The fraction of sp³-hybridized carbons (Fsp3) is 0.368. The molecule has 3 aromatic rings. The van der Waals surface area contributed by atoms with Crippen molar-refractivity contribution in [2.24, 2.45) is 17.6 Å². The lowest BCUT2D eigenvalue weighted by atomic mass is 9.91. The minimum atomic E-state index is -0.242. The molecule has 0 radical (unpaired) electrons. The molecule has 0 aliphatic heterocycles. The van der Waals surface area contributed by atoms with Crippen LogP contribution in [0.1, 0.15) is 70.1 Å². The molecule has 1 aliphatic carbocycles. The molecule has 4 rings (SSSR count). The van der Waals surface area contributed by atoms with Gasteiger partial charge in [-0.1, -0.05) is 131 Å². The van der Waals surface area contributed by atoms with E-state index in [2.05, 4.69) is 43.9 Å². The Bertz CT molecular complexity index is 1130. The fourth-order valence-electron chi connectivity index (χ4n) is 4.78. The first kappa shape index (κ1) is 37.7. The van der Waals surface area contributed by atoms with Crippen LogP contribution in [0.25, 0.3) is 0 Å². The van der Waals surface area contributed by atoms with Gasteiger partial charge in [-0.05, 0) is 36.3 Å². The van der Waals surface area contributed by atoms with Gasteiger partial charge < -0.3 is 21.1 Å². The van der Waals surface area contributed by atoms with E-state index < -0.39 is 0 Å². The number of carbonyl (C=O) groups is 2. The molecular weight excluding hydrogens is 546 g/mol. The van der Waals surface area contributed by atoms with Crippen molar-refractivity contribution in [2.45, 2.75) is 65.0 Å². The summed E-state index contributed by atoms with van der Waals surface area (Å²) in [6.45, 7) is 10.8. The van der Waals surface area contributed by atoms with Gasteiger partial charge in [0.25, 0.3) is 0 Å². The maximum Gasteiger partial charge on any atom is 0.233 e. The van der Waals surface area contributed by atoms with Crippen LogP contribution in [-0.4, -0.2) is 30.9 Å². The molecule has 6 nitrogen and oxygen atoms in total. The van der Waals surface area contributed by atoms with Crippen LogP contribution in [0, 0.1) is 24.7 Å². The Kier molecular flexibility index (Phi) is 19.8. The van der Waals surface area contributed by atoms with E-state index in [1.807, 2.05) is 104 Å². The van der Waals surface area contributed by atoms with E-state index >= 15 is 0 Å².